The van der Waals surface area contributed by atoms with E-state index in [-0.39, 0.29) is 11.9 Å². The van der Waals surface area contributed by atoms with Gasteiger partial charge in [0.2, 0.25) is 5.91 Å². The zero-order chi connectivity index (χ0) is 25.3. The molecular weight excluding hydrogens is 448 g/mol. The van der Waals surface area contributed by atoms with Gasteiger partial charge in [0.1, 0.15) is 0 Å². The summed E-state index contributed by atoms with van der Waals surface area (Å²) in [5.41, 5.74) is 1.14. The van der Waals surface area contributed by atoms with Crippen molar-refractivity contribution < 1.29 is 9.59 Å². The minimum absolute atomic E-state index is 0.0726. The van der Waals surface area contributed by atoms with E-state index in [0.717, 1.165) is 76.7 Å². The molecule has 3 fully saturated rings. The lowest BCUT2D eigenvalue weighted by Gasteiger charge is -2.39. The minimum Gasteiger partial charge on any atom is -0.343 e. The normalized spacial score (nSPS) is 23.9. The zero-order valence-corrected chi connectivity index (χ0v) is 22.7. The van der Waals surface area contributed by atoms with Crippen LogP contribution in [0.25, 0.3) is 0 Å². The molecule has 1 N–H and O–H groups in total. The van der Waals surface area contributed by atoms with Crippen molar-refractivity contribution in [1.29, 1.82) is 0 Å². The SMILES string of the molecule is CCCN(C(=O)NCc1ccccc1)C1CCN(CC2CCC(N(C)C(=O)C3CCCCC3)C2)CC1. The van der Waals surface area contributed by atoms with Crippen LogP contribution in [0.2, 0.25) is 0 Å². The molecule has 6 heteroatoms. The molecule has 3 amide bonds. The van der Waals surface area contributed by atoms with Crippen molar-refractivity contribution in [2.75, 3.05) is 33.2 Å². The zero-order valence-electron chi connectivity index (χ0n) is 22.7. The summed E-state index contributed by atoms with van der Waals surface area (Å²) in [5, 5.41) is 3.14. The van der Waals surface area contributed by atoms with Crippen LogP contribution in [0.1, 0.15) is 83.1 Å². The Morgan fingerprint density at radius 1 is 0.944 bits per heavy atom. The first-order valence-electron chi connectivity index (χ1n) is 14.6. The smallest absolute Gasteiger partial charge is 0.317 e. The summed E-state index contributed by atoms with van der Waals surface area (Å²) >= 11 is 0. The molecule has 1 saturated heterocycles. The van der Waals surface area contributed by atoms with Crippen molar-refractivity contribution in [2.24, 2.45) is 11.8 Å². The van der Waals surface area contributed by atoms with Gasteiger partial charge in [-0.15, -0.1) is 0 Å². The van der Waals surface area contributed by atoms with Gasteiger partial charge in [-0.25, -0.2) is 4.79 Å². The molecule has 1 aromatic rings. The van der Waals surface area contributed by atoms with Crippen molar-refractivity contribution in [3.05, 3.63) is 35.9 Å². The average Bonchev–Trinajstić information content (AvgIpc) is 3.39. The number of hydrogen-bond acceptors (Lipinski definition) is 3. The molecule has 2 aliphatic carbocycles. The lowest BCUT2D eigenvalue weighted by Crippen LogP contribution is -2.51. The predicted octanol–water partition coefficient (Wildman–Crippen LogP) is 5.28. The van der Waals surface area contributed by atoms with Gasteiger partial charge in [0.15, 0.2) is 0 Å². The third kappa shape index (κ3) is 7.24. The van der Waals surface area contributed by atoms with E-state index >= 15 is 0 Å². The molecule has 2 unspecified atom stereocenters. The van der Waals surface area contributed by atoms with E-state index in [2.05, 4.69) is 46.1 Å². The Kier molecular flexibility index (Phi) is 10.1. The topological polar surface area (TPSA) is 55.9 Å². The Morgan fingerprint density at radius 3 is 2.36 bits per heavy atom. The molecule has 2 saturated carbocycles. The number of carbonyl (C=O) groups is 2. The molecule has 3 aliphatic rings. The highest BCUT2D eigenvalue weighted by Gasteiger charge is 2.35. The lowest BCUT2D eigenvalue weighted by molar-refractivity contribution is -0.137. The Morgan fingerprint density at radius 2 is 1.67 bits per heavy atom. The first-order valence-corrected chi connectivity index (χ1v) is 14.6. The number of hydrogen-bond donors (Lipinski definition) is 1. The second-order valence-electron chi connectivity index (χ2n) is 11.5. The van der Waals surface area contributed by atoms with E-state index in [1.54, 1.807) is 0 Å². The van der Waals surface area contributed by atoms with Crippen molar-refractivity contribution >= 4 is 11.9 Å². The van der Waals surface area contributed by atoms with E-state index in [1.165, 1.54) is 25.7 Å². The predicted molar refractivity (Wildman–Crippen MR) is 146 cm³/mol. The fourth-order valence-corrected chi connectivity index (χ4v) is 6.73. The van der Waals surface area contributed by atoms with Crippen molar-refractivity contribution in [2.45, 2.75) is 96.2 Å². The maximum Gasteiger partial charge on any atom is 0.317 e. The van der Waals surface area contributed by atoms with Crippen molar-refractivity contribution in [3.63, 3.8) is 0 Å². The van der Waals surface area contributed by atoms with Gasteiger partial charge in [-0.3, -0.25) is 4.79 Å². The van der Waals surface area contributed by atoms with Gasteiger partial charge in [-0.2, -0.15) is 0 Å². The number of carbonyl (C=O) groups excluding carboxylic acids is 2. The fraction of sp³-hybridized carbons (Fsp3) is 0.733. The summed E-state index contributed by atoms with van der Waals surface area (Å²) in [4.78, 5) is 32.8. The van der Waals surface area contributed by atoms with Crippen LogP contribution in [-0.2, 0) is 11.3 Å². The first kappa shape index (κ1) is 27.0. The quantitative estimate of drug-likeness (QED) is 0.506. The fourth-order valence-electron chi connectivity index (χ4n) is 6.73. The number of piperidine rings is 1. The minimum atomic E-state index is 0.0726. The van der Waals surface area contributed by atoms with Crippen LogP contribution >= 0.6 is 0 Å². The Labute approximate surface area is 218 Å². The van der Waals surface area contributed by atoms with E-state index in [4.69, 9.17) is 0 Å². The van der Waals surface area contributed by atoms with Crippen LogP contribution < -0.4 is 5.32 Å². The van der Waals surface area contributed by atoms with Gasteiger partial charge in [-0.1, -0.05) is 56.5 Å². The molecule has 36 heavy (non-hydrogen) atoms. The number of rotatable bonds is 9. The van der Waals surface area contributed by atoms with E-state index in [1.807, 2.05) is 18.2 Å². The Hall–Kier alpha value is -2.08. The molecule has 0 radical (unpaired) electrons. The monoisotopic (exact) mass is 496 g/mol. The number of likely N-dealkylation sites (tertiary alicyclic amines) is 1. The third-order valence-electron chi connectivity index (χ3n) is 8.89. The van der Waals surface area contributed by atoms with Crippen molar-refractivity contribution in [1.82, 2.24) is 20.0 Å². The molecule has 0 spiro atoms. The molecule has 2 atom stereocenters. The Balaban J connectivity index is 1.20. The van der Waals surface area contributed by atoms with Gasteiger partial charge in [0.25, 0.3) is 0 Å². The maximum absolute atomic E-state index is 13.0. The standard InChI is InChI=1S/C30H48N4O2/c1-3-18-34(30(36)31-22-24-10-6-4-7-11-24)27-16-19-33(20-17-27)23-25-14-15-28(21-25)32(2)29(35)26-12-8-5-9-13-26/h4,6-7,10-11,25-28H,3,5,8-9,12-23H2,1-2H3,(H,31,36). The molecule has 0 aromatic heterocycles. The van der Waals surface area contributed by atoms with Crippen LogP contribution in [0, 0.1) is 11.8 Å². The molecule has 4 rings (SSSR count). The maximum atomic E-state index is 13.0. The largest absolute Gasteiger partial charge is 0.343 e. The van der Waals surface area contributed by atoms with Crippen LogP contribution in [-0.4, -0.2) is 71.9 Å². The van der Waals surface area contributed by atoms with Gasteiger partial charge in [0.05, 0.1) is 0 Å². The molecule has 1 aromatic carbocycles. The number of nitrogens with zero attached hydrogens (tertiary/aromatic N) is 3. The lowest BCUT2D eigenvalue weighted by atomic mass is 9.88. The number of amides is 3. The van der Waals surface area contributed by atoms with Crippen LogP contribution in [0.4, 0.5) is 4.79 Å². The summed E-state index contributed by atoms with van der Waals surface area (Å²) in [6.07, 6.45) is 12.5. The number of urea groups is 1. The Bertz CT molecular complexity index is 817. The molecule has 200 valence electrons. The van der Waals surface area contributed by atoms with E-state index in [0.29, 0.717) is 30.5 Å². The van der Waals surface area contributed by atoms with Gasteiger partial charge in [-0.05, 0) is 62.8 Å². The van der Waals surface area contributed by atoms with E-state index < -0.39 is 0 Å². The summed E-state index contributed by atoms with van der Waals surface area (Å²) in [7, 11) is 2.06. The van der Waals surface area contributed by atoms with Gasteiger partial charge >= 0.3 is 6.03 Å². The summed E-state index contributed by atoms with van der Waals surface area (Å²) < 4.78 is 0. The molecule has 0 bridgehead atoms. The van der Waals surface area contributed by atoms with Crippen LogP contribution in [0.3, 0.4) is 0 Å². The average molecular weight is 497 g/mol. The summed E-state index contributed by atoms with van der Waals surface area (Å²) in [6.45, 7) is 6.82. The number of nitrogens with one attached hydrogen (secondary N) is 1. The van der Waals surface area contributed by atoms with Gasteiger partial charge in [0, 0.05) is 57.8 Å². The highest BCUT2D eigenvalue weighted by atomic mass is 16.2. The van der Waals surface area contributed by atoms with E-state index in [9.17, 15) is 9.59 Å². The summed E-state index contributed by atoms with van der Waals surface area (Å²) in [6, 6.07) is 11.0. The number of benzene rings is 1. The first-order chi connectivity index (χ1) is 17.5. The highest BCUT2D eigenvalue weighted by molar-refractivity contribution is 5.79. The second kappa shape index (κ2) is 13.5. The molecule has 1 aliphatic heterocycles. The summed E-state index contributed by atoms with van der Waals surface area (Å²) in [5.74, 6) is 1.37. The van der Waals surface area contributed by atoms with Crippen LogP contribution in [0.15, 0.2) is 30.3 Å². The van der Waals surface area contributed by atoms with Crippen molar-refractivity contribution in [3.8, 4) is 0 Å². The highest BCUT2D eigenvalue weighted by Crippen LogP contribution is 2.33. The van der Waals surface area contributed by atoms with Crippen LogP contribution in [0.5, 0.6) is 0 Å². The van der Waals surface area contributed by atoms with Gasteiger partial charge < -0.3 is 20.0 Å². The molecule has 6 nitrogen and oxygen atoms in total. The third-order valence-corrected chi connectivity index (χ3v) is 8.89. The second-order valence-corrected chi connectivity index (χ2v) is 11.5. The molecular formula is C30H48N4O2. The molecule has 1 heterocycles.